The molecule has 20 heavy (non-hydrogen) atoms. The summed E-state index contributed by atoms with van der Waals surface area (Å²) in [5, 5.41) is 14.5. The van der Waals surface area contributed by atoms with Crippen LogP contribution in [0.25, 0.3) is 0 Å². The van der Waals surface area contributed by atoms with Crippen molar-refractivity contribution in [2.75, 3.05) is 25.0 Å². The lowest BCUT2D eigenvalue weighted by Gasteiger charge is -2.32. The Labute approximate surface area is 120 Å². The SMILES string of the molecule is CCCN1CCC(Nc2cccc(C)c2[N+](=O)[O-])CC1. The Balaban J connectivity index is 2.01. The number of piperidine rings is 1. The van der Waals surface area contributed by atoms with Gasteiger partial charge in [-0.1, -0.05) is 19.1 Å². The van der Waals surface area contributed by atoms with Crippen molar-refractivity contribution in [1.82, 2.24) is 4.90 Å². The molecule has 0 spiro atoms. The summed E-state index contributed by atoms with van der Waals surface area (Å²) >= 11 is 0. The van der Waals surface area contributed by atoms with Gasteiger partial charge in [-0.3, -0.25) is 10.1 Å². The Bertz CT molecular complexity index is 468. The van der Waals surface area contributed by atoms with Crippen LogP contribution in [-0.4, -0.2) is 35.5 Å². The van der Waals surface area contributed by atoms with E-state index in [2.05, 4.69) is 17.1 Å². The number of rotatable bonds is 5. The maximum absolute atomic E-state index is 11.2. The molecule has 5 nitrogen and oxygen atoms in total. The average molecular weight is 277 g/mol. The molecular weight excluding hydrogens is 254 g/mol. The fourth-order valence-electron chi connectivity index (χ4n) is 2.85. The predicted molar refractivity (Wildman–Crippen MR) is 81.2 cm³/mol. The molecule has 1 N–H and O–H groups in total. The Kier molecular flexibility index (Phi) is 4.95. The molecule has 1 saturated heterocycles. The first-order valence-corrected chi connectivity index (χ1v) is 7.34. The van der Waals surface area contributed by atoms with E-state index < -0.39 is 0 Å². The van der Waals surface area contributed by atoms with E-state index in [9.17, 15) is 10.1 Å². The zero-order chi connectivity index (χ0) is 14.5. The highest BCUT2D eigenvalue weighted by Gasteiger charge is 2.22. The average Bonchev–Trinajstić information content (AvgIpc) is 2.41. The number of anilines is 1. The molecule has 0 bridgehead atoms. The first kappa shape index (κ1) is 14.8. The molecule has 1 aromatic carbocycles. The minimum Gasteiger partial charge on any atom is -0.377 e. The standard InChI is InChI=1S/C15H23N3O2/c1-3-9-17-10-7-13(8-11-17)16-14-6-4-5-12(2)15(14)18(19)20/h4-6,13,16H,3,7-11H2,1-2H3. The maximum atomic E-state index is 11.2. The van der Waals surface area contributed by atoms with Gasteiger partial charge in [0.15, 0.2) is 0 Å². The van der Waals surface area contributed by atoms with Gasteiger partial charge in [0.2, 0.25) is 0 Å². The molecule has 1 heterocycles. The molecule has 1 aromatic rings. The Morgan fingerprint density at radius 2 is 2.10 bits per heavy atom. The second-order valence-electron chi connectivity index (χ2n) is 5.49. The topological polar surface area (TPSA) is 58.4 Å². The van der Waals surface area contributed by atoms with Crippen molar-refractivity contribution in [2.45, 2.75) is 39.2 Å². The molecule has 1 aliphatic heterocycles. The number of nitrogens with one attached hydrogen (secondary N) is 1. The Morgan fingerprint density at radius 1 is 1.40 bits per heavy atom. The van der Waals surface area contributed by atoms with Crippen molar-refractivity contribution in [3.63, 3.8) is 0 Å². The van der Waals surface area contributed by atoms with Crippen LogP contribution in [0.3, 0.4) is 0 Å². The summed E-state index contributed by atoms with van der Waals surface area (Å²) in [6, 6.07) is 5.80. The number of nitro benzene ring substituents is 1. The third-order valence-corrected chi connectivity index (χ3v) is 3.91. The van der Waals surface area contributed by atoms with Gasteiger partial charge in [0, 0.05) is 24.7 Å². The van der Waals surface area contributed by atoms with Gasteiger partial charge in [-0.05, 0) is 38.8 Å². The van der Waals surface area contributed by atoms with Crippen LogP contribution in [0, 0.1) is 17.0 Å². The van der Waals surface area contributed by atoms with Gasteiger partial charge in [-0.25, -0.2) is 0 Å². The number of aryl methyl sites for hydroxylation is 1. The van der Waals surface area contributed by atoms with E-state index in [1.807, 2.05) is 12.1 Å². The van der Waals surface area contributed by atoms with E-state index in [-0.39, 0.29) is 10.6 Å². The smallest absolute Gasteiger partial charge is 0.295 e. The molecule has 1 fully saturated rings. The first-order chi connectivity index (χ1) is 9.61. The van der Waals surface area contributed by atoms with Crippen molar-refractivity contribution in [3.8, 4) is 0 Å². The first-order valence-electron chi connectivity index (χ1n) is 7.34. The van der Waals surface area contributed by atoms with Crippen LogP contribution in [0.15, 0.2) is 18.2 Å². The quantitative estimate of drug-likeness (QED) is 0.663. The molecule has 0 radical (unpaired) electrons. The number of hydrogen-bond donors (Lipinski definition) is 1. The monoisotopic (exact) mass is 277 g/mol. The second kappa shape index (κ2) is 6.70. The fourth-order valence-corrected chi connectivity index (χ4v) is 2.85. The van der Waals surface area contributed by atoms with Crippen LogP contribution in [-0.2, 0) is 0 Å². The van der Waals surface area contributed by atoms with Crippen LogP contribution in [0.5, 0.6) is 0 Å². The minimum absolute atomic E-state index is 0.212. The predicted octanol–water partition coefficient (Wildman–Crippen LogP) is 3.19. The molecule has 0 saturated carbocycles. The van der Waals surface area contributed by atoms with Crippen LogP contribution in [0.2, 0.25) is 0 Å². The van der Waals surface area contributed by atoms with Crippen molar-refractivity contribution in [3.05, 3.63) is 33.9 Å². The number of nitrogens with zero attached hydrogens (tertiary/aromatic N) is 2. The van der Waals surface area contributed by atoms with Crippen LogP contribution in [0.1, 0.15) is 31.7 Å². The van der Waals surface area contributed by atoms with Crippen LogP contribution >= 0.6 is 0 Å². The number of benzene rings is 1. The van der Waals surface area contributed by atoms with Gasteiger partial charge < -0.3 is 10.2 Å². The van der Waals surface area contributed by atoms with Gasteiger partial charge in [0.25, 0.3) is 5.69 Å². The van der Waals surface area contributed by atoms with Crippen LogP contribution in [0.4, 0.5) is 11.4 Å². The molecule has 2 rings (SSSR count). The van der Waals surface area contributed by atoms with E-state index in [4.69, 9.17) is 0 Å². The molecule has 0 amide bonds. The third kappa shape index (κ3) is 3.48. The number of para-hydroxylation sites is 1. The fraction of sp³-hybridized carbons (Fsp3) is 0.600. The van der Waals surface area contributed by atoms with Crippen molar-refractivity contribution >= 4 is 11.4 Å². The van der Waals surface area contributed by atoms with Gasteiger partial charge in [0.05, 0.1) is 4.92 Å². The zero-order valence-electron chi connectivity index (χ0n) is 12.3. The van der Waals surface area contributed by atoms with E-state index in [0.717, 1.165) is 32.5 Å². The Morgan fingerprint density at radius 3 is 2.70 bits per heavy atom. The summed E-state index contributed by atoms with van der Waals surface area (Å²) in [6.45, 7) is 7.28. The zero-order valence-corrected chi connectivity index (χ0v) is 12.3. The number of likely N-dealkylation sites (tertiary alicyclic amines) is 1. The summed E-state index contributed by atoms with van der Waals surface area (Å²) < 4.78 is 0. The summed E-state index contributed by atoms with van der Waals surface area (Å²) in [5.41, 5.74) is 1.58. The highest BCUT2D eigenvalue weighted by molar-refractivity contribution is 5.65. The number of nitro groups is 1. The largest absolute Gasteiger partial charge is 0.377 e. The highest BCUT2D eigenvalue weighted by Crippen LogP contribution is 2.29. The van der Waals surface area contributed by atoms with E-state index >= 15 is 0 Å². The molecule has 0 atom stereocenters. The minimum atomic E-state index is -0.288. The summed E-state index contributed by atoms with van der Waals surface area (Å²) in [7, 11) is 0. The molecule has 1 aliphatic rings. The lowest BCUT2D eigenvalue weighted by Crippen LogP contribution is -2.39. The van der Waals surface area contributed by atoms with Crippen molar-refractivity contribution in [2.24, 2.45) is 0 Å². The summed E-state index contributed by atoms with van der Waals surface area (Å²) in [5.74, 6) is 0. The third-order valence-electron chi connectivity index (χ3n) is 3.91. The van der Waals surface area contributed by atoms with Gasteiger partial charge >= 0.3 is 0 Å². The highest BCUT2D eigenvalue weighted by atomic mass is 16.6. The molecule has 0 aromatic heterocycles. The van der Waals surface area contributed by atoms with Gasteiger partial charge in [-0.15, -0.1) is 0 Å². The van der Waals surface area contributed by atoms with Crippen molar-refractivity contribution in [1.29, 1.82) is 0 Å². The summed E-state index contributed by atoms with van der Waals surface area (Å²) in [6.07, 6.45) is 3.28. The van der Waals surface area contributed by atoms with Gasteiger partial charge in [0.1, 0.15) is 5.69 Å². The molecule has 0 unspecified atom stereocenters. The van der Waals surface area contributed by atoms with Crippen molar-refractivity contribution < 1.29 is 4.92 Å². The Hall–Kier alpha value is -1.62. The van der Waals surface area contributed by atoms with E-state index in [1.165, 1.54) is 6.42 Å². The normalized spacial score (nSPS) is 17.1. The van der Waals surface area contributed by atoms with E-state index in [0.29, 0.717) is 17.3 Å². The summed E-state index contributed by atoms with van der Waals surface area (Å²) in [4.78, 5) is 13.4. The molecule has 0 aliphatic carbocycles. The molecular formula is C15H23N3O2. The molecule has 5 heteroatoms. The lowest BCUT2D eigenvalue weighted by atomic mass is 10.0. The lowest BCUT2D eigenvalue weighted by molar-refractivity contribution is -0.384. The van der Waals surface area contributed by atoms with E-state index in [1.54, 1.807) is 13.0 Å². The second-order valence-corrected chi connectivity index (χ2v) is 5.49. The van der Waals surface area contributed by atoms with Gasteiger partial charge in [-0.2, -0.15) is 0 Å². The number of hydrogen-bond acceptors (Lipinski definition) is 4. The molecule has 110 valence electrons. The van der Waals surface area contributed by atoms with Crippen LogP contribution < -0.4 is 5.32 Å². The maximum Gasteiger partial charge on any atom is 0.295 e.